The molecule has 2 aliphatic carbocycles. The summed E-state index contributed by atoms with van der Waals surface area (Å²) in [6, 6.07) is 8.37. The van der Waals surface area contributed by atoms with Crippen LogP contribution in [0, 0.1) is 23.2 Å². The molecule has 2 aliphatic rings. The number of fused-ring (bicyclic) bond motifs is 1. The first-order valence-corrected chi connectivity index (χ1v) is 16.3. The van der Waals surface area contributed by atoms with Gasteiger partial charge in [-0.3, -0.25) is 24.0 Å². The Balaban J connectivity index is 2.43. The minimum absolute atomic E-state index is 0.120. The number of benzene rings is 1. The molecule has 9 atom stereocenters. The Kier molecular flexibility index (Phi) is 12.6. The van der Waals surface area contributed by atoms with Gasteiger partial charge in [0.1, 0.15) is 12.2 Å². The van der Waals surface area contributed by atoms with Crippen LogP contribution in [-0.4, -0.2) is 71.9 Å². The molecule has 0 heterocycles. The number of esters is 6. The summed E-state index contributed by atoms with van der Waals surface area (Å²) in [5, 5.41) is 0. The van der Waals surface area contributed by atoms with Gasteiger partial charge < -0.3 is 28.4 Å². The highest BCUT2D eigenvalue weighted by molar-refractivity contribution is 5.89. The van der Waals surface area contributed by atoms with E-state index in [0.717, 1.165) is 0 Å². The van der Waals surface area contributed by atoms with Gasteiger partial charge in [0.15, 0.2) is 23.9 Å². The van der Waals surface area contributed by atoms with E-state index in [1.54, 1.807) is 76.3 Å². The van der Waals surface area contributed by atoms with Gasteiger partial charge in [-0.25, -0.2) is 4.79 Å². The van der Waals surface area contributed by atoms with Crippen LogP contribution in [0.5, 0.6) is 0 Å². The molecule has 0 bridgehead atoms. The van der Waals surface area contributed by atoms with Gasteiger partial charge >= 0.3 is 35.8 Å². The van der Waals surface area contributed by atoms with E-state index < -0.39 is 95.1 Å². The maximum Gasteiger partial charge on any atom is 0.338 e. The number of ether oxygens (including phenoxy) is 6. The van der Waals surface area contributed by atoms with Crippen LogP contribution >= 0.6 is 0 Å². The largest absolute Gasteiger partial charge is 0.458 e. The second-order valence-corrected chi connectivity index (χ2v) is 13.6. The minimum Gasteiger partial charge on any atom is -0.458 e. The molecule has 12 heteroatoms. The van der Waals surface area contributed by atoms with Gasteiger partial charge in [-0.05, 0) is 37.0 Å². The first kappa shape index (κ1) is 39.0. The van der Waals surface area contributed by atoms with Crippen LogP contribution in [0.25, 0.3) is 0 Å². The molecule has 3 rings (SSSR count). The Morgan fingerprint density at radius 2 is 1.24 bits per heavy atom. The Bertz CT molecular complexity index is 1480. The van der Waals surface area contributed by atoms with Gasteiger partial charge in [0, 0.05) is 46.0 Å². The van der Waals surface area contributed by atoms with Crippen LogP contribution in [0.2, 0.25) is 0 Å². The van der Waals surface area contributed by atoms with Crippen molar-refractivity contribution < 1.29 is 57.2 Å². The van der Waals surface area contributed by atoms with E-state index in [4.69, 9.17) is 28.4 Å². The average Bonchev–Trinajstić information content (AvgIpc) is 3.23. The normalized spacial score (nSPS) is 31.6. The van der Waals surface area contributed by atoms with Crippen molar-refractivity contribution in [3.05, 3.63) is 59.7 Å². The molecular weight excluding hydrogens is 636 g/mol. The number of rotatable bonds is 7. The van der Waals surface area contributed by atoms with Crippen LogP contribution in [-0.2, 0) is 52.4 Å². The van der Waals surface area contributed by atoms with Gasteiger partial charge in [-0.1, -0.05) is 64.1 Å². The average molecular weight is 685 g/mol. The first-order chi connectivity index (χ1) is 22.8. The molecule has 0 saturated heterocycles. The molecule has 0 N–H and O–H groups in total. The van der Waals surface area contributed by atoms with E-state index >= 15 is 0 Å². The molecular formula is C37H48O12. The molecule has 268 valence electrons. The van der Waals surface area contributed by atoms with E-state index in [1.807, 2.05) is 6.92 Å². The zero-order valence-electron chi connectivity index (χ0n) is 29.8. The highest BCUT2D eigenvalue weighted by Crippen LogP contribution is 2.51. The van der Waals surface area contributed by atoms with Crippen molar-refractivity contribution in [2.24, 2.45) is 23.2 Å². The lowest BCUT2D eigenvalue weighted by molar-refractivity contribution is -0.196. The second kappa shape index (κ2) is 15.8. The predicted octanol–water partition coefficient (Wildman–Crippen LogP) is 5.08. The van der Waals surface area contributed by atoms with Crippen molar-refractivity contribution in [1.82, 2.24) is 0 Å². The number of hydrogen-bond donors (Lipinski definition) is 0. The highest BCUT2D eigenvalue weighted by Gasteiger charge is 2.62. The van der Waals surface area contributed by atoms with Gasteiger partial charge in [-0.15, -0.1) is 0 Å². The third-order valence-electron chi connectivity index (χ3n) is 8.90. The lowest BCUT2D eigenvalue weighted by Crippen LogP contribution is -2.56. The lowest BCUT2D eigenvalue weighted by Gasteiger charge is -2.44. The summed E-state index contributed by atoms with van der Waals surface area (Å²) >= 11 is 0. The van der Waals surface area contributed by atoms with E-state index in [1.165, 1.54) is 34.6 Å². The summed E-state index contributed by atoms with van der Waals surface area (Å²) in [6.45, 7) is 14.8. The molecule has 0 aromatic heterocycles. The van der Waals surface area contributed by atoms with E-state index in [2.05, 4.69) is 0 Å². The van der Waals surface area contributed by atoms with Crippen LogP contribution in [0.15, 0.2) is 54.1 Å². The summed E-state index contributed by atoms with van der Waals surface area (Å²) in [4.78, 5) is 76.8. The van der Waals surface area contributed by atoms with Gasteiger partial charge in [0.05, 0.1) is 11.5 Å². The molecule has 0 unspecified atom stereocenters. The monoisotopic (exact) mass is 684 g/mol. The topological polar surface area (TPSA) is 158 Å². The van der Waals surface area contributed by atoms with Gasteiger partial charge in [-0.2, -0.15) is 0 Å². The standard InChI is InChI=1S/C37H48O12/c1-20-16-17-36(9,10)34(47-26(7)41)32(45-24(5)39)31(44-23(4)38)21(2)18-29-30(48-35(43)28-14-12-11-13-15-28)22(3)19-37(29,49-27(8)42)33(20)46-25(6)40/h11-18,20,22,29-34H,19H2,1-10H3/b17-16+,21-18?/t20-,22-,29-,30-,31+,32-,33-,34+,37+/m0/s1. The number of hydrogen-bond acceptors (Lipinski definition) is 12. The van der Waals surface area contributed by atoms with Crippen LogP contribution in [0.3, 0.4) is 0 Å². The van der Waals surface area contributed by atoms with E-state index in [0.29, 0.717) is 11.1 Å². The van der Waals surface area contributed by atoms with Crippen molar-refractivity contribution in [3.8, 4) is 0 Å². The fourth-order valence-corrected chi connectivity index (χ4v) is 7.02. The third-order valence-corrected chi connectivity index (χ3v) is 8.90. The Morgan fingerprint density at radius 1 is 0.694 bits per heavy atom. The second-order valence-electron chi connectivity index (χ2n) is 13.6. The Labute approximate surface area is 287 Å². The van der Waals surface area contributed by atoms with Crippen molar-refractivity contribution in [2.75, 3.05) is 0 Å². The summed E-state index contributed by atoms with van der Waals surface area (Å²) in [5.74, 6) is -6.08. The van der Waals surface area contributed by atoms with E-state index in [-0.39, 0.29) is 6.42 Å². The molecule has 12 nitrogen and oxygen atoms in total. The molecule has 0 amide bonds. The molecule has 0 aliphatic heterocycles. The summed E-state index contributed by atoms with van der Waals surface area (Å²) in [6.07, 6.45) is -0.641. The van der Waals surface area contributed by atoms with Crippen molar-refractivity contribution in [2.45, 2.75) is 112 Å². The summed E-state index contributed by atoms with van der Waals surface area (Å²) in [7, 11) is 0. The van der Waals surface area contributed by atoms with Crippen LogP contribution in [0.4, 0.5) is 0 Å². The predicted molar refractivity (Wildman–Crippen MR) is 175 cm³/mol. The van der Waals surface area contributed by atoms with Crippen LogP contribution in [0.1, 0.15) is 86.0 Å². The molecule has 49 heavy (non-hydrogen) atoms. The molecule has 1 aromatic carbocycles. The zero-order chi connectivity index (χ0) is 36.8. The van der Waals surface area contributed by atoms with Gasteiger partial charge in [0.25, 0.3) is 0 Å². The van der Waals surface area contributed by atoms with Crippen molar-refractivity contribution in [1.29, 1.82) is 0 Å². The van der Waals surface area contributed by atoms with Crippen LogP contribution < -0.4 is 0 Å². The van der Waals surface area contributed by atoms with Crippen molar-refractivity contribution in [3.63, 3.8) is 0 Å². The first-order valence-electron chi connectivity index (χ1n) is 16.3. The fourth-order valence-electron chi connectivity index (χ4n) is 7.02. The van der Waals surface area contributed by atoms with Gasteiger partial charge in [0.2, 0.25) is 0 Å². The highest BCUT2D eigenvalue weighted by atomic mass is 16.6. The zero-order valence-corrected chi connectivity index (χ0v) is 29.8. The maximum atomic E-state index is 13.5. The molecule has 0 radical (unpaired) electrons. The number of carbonyl (C=O) groups is 6. The fraction of sp³-hybridized carbons (Fsp3) is 0.568. The quantitative estimate of drug-likeness (QED) is 0.214. The molecule has 0 spiro atoms. The molecule has 1 aromatic rings. The van der Waals surface area contributed by atoms with Crippen molar-refractivity contribution >= 4 is 35.8 Å². The lowest BCUT2D eigenvalue weighted by atomic mass is 9.74. The molecule has 1 fully saturated rings. The summed E-state index contributed by atoms with van der Waals surface area (Å²) < 4.78 is 35.8. The third kappa shape index (κ3) is 9.36. The smallest absolute Gasteiger partial charge is 0.338 e. The van der Waals surface area contributed by atoms with E-state index in [9.17, 15) is 28.8 Å². The summed E-state index contributed by atoms with van der Waals surface area (Å²) in [5.41, 5.74) is -2.05. The SMILES string of the molecule is CC(=O)O[C@H]1[C@H](OC(C)=O)C(C)=C[C@H]2[C@@H](OC(=O)c3ccccc3)[C@@H](C)C[C@]2(OC(C)=O)[C@@H](OC(C)=O)[C@@H](C)/C=C/C(C)(C)[C@@H]1OC(C)=O. The number of carbonyl (C=O) groups excluding carboxylic acids is 6. The Morgan fingerprint density at radius 3 is 1.78 bits per heavy atom. The maximum absolute atomic E-state index is 13.5. The Hall–Kier alpha value is -4.48. The minimum atomic E-state index is -1.58. The molecule has 1 saturated carbocycles.